The van der Waals surface area contributed by atoms with Gasteiger partial charge in [0.05, 0.1) is 16.9 Å². The van der Waals surface area contributed by atoms with Crippen molar-refractivity contribution in [3.8, 4) is 22.7 Å². The molecular weight excluding hydrogens is 397 g/mol. The van der Waals surface area contributed by atoms with E-state index in [0.29, 0.717) is 16.9 Å². The van der Waals surface area contributed by atoms with Gasteiger partial charge in [-0.1, -0.05) is 32.0 Å². The standard InChI is InChI=1S/C24H24FN3O3/c1-14(2)23(30)26-19-11-9-16(10-12-19)21-22(17-7-8-17)27-28(24(21)31-15(3)29)20-6-4-5-18(25)13-20/h4-6,9-14,17H,7-8H2,1-3H3,(H,26,30). The number of aromatic nitrogens is 2. The number of nitrogens with one attached hydrogen (secondary N) is 1. The summed E-state index contributed by atoms with van der Waals surface area (Å²) in [6.07, 6.45) is 1.99. The van der Waals surface area contributed by atoms with Crippen molar-refractivity contribution in [3.63, 3.8) is 0 Å². The topological polar surface area (TPSA) is 73.2 Å². The number of amides is 1. The molecule has 1 N–H and O–H groups in total. The molecule has 0 atom stereocenters. The van der Waals surface area contributed by atoms with Crippen LogP contribution < -0.4 is 10.1 Å². The van der Waals surface area contributed by atoms with E-state index in [9.17, 15) is 14.0 Å². The van der Waals surface area contributed by atoms with Crippen molar-refractivity contribution in [3.05, 3.63) is 60.0 Å². The fourth-order valence-corrected chi connectivity index (χ4v) is 3.35. The summed E-state index contributed by atoms with van der Waals surface area (Å²) in [4.78, 5) is 23.9. The summed E-state index contributed by atoms with van der Waals surface area (Å²) >= 11 is 0. The first-order chi connectivity index (χ1) is 14.8. The molecule has 4 rings (SSSR count). The Morgan fingerprint density at radius 3 is 2.45 bits per heavy atom. The fourth-order valence-electron chi connectivity index (χ4n) is 3.35. The van der Waals surface area contributed by atoms with E-state index in [2.05, 4.69) is 5.32 Å². The van der Waals surface area contributed by atoms with Crippen molar-refractivity contribution in [2.24, 2.45) is 5.92 Å². The number of hydrogen-bond donors (Lipinski definition) is 1. The van der Waals surface area contributed by atoms with Gasteiger partial charge in [0.1, 0.15) is 5.82 Å². The highest BCUT2D eigenvalue weighted by Gasteiger charge is 2.34. The zero-order valence-electron chi connectivity index (χ0n) is 17.7. The van der Waals surface area contributed by atoms with Crippen molar-refractivity contribution in [1.29, 1.82) is 0 Å². The Morgan fingerprint density at radius 1 is 1.16 bits per heavy atom. The lowest BCUT2D eigenvalue weighted by molar-refractivity contribution is -0.132. The maximum Gasteiger partial charge on any atom is 0.309 e. The molecule has 7 heteroatoms. The Balaban J connectivity index is 1.81. The van der Waals surface area contributed by atoms with E-state index in [0.717, 1.165) is 24.1 Å². The SMILES string of the molecule is CC(=O)Oc1c(-c2ccc(NC(=O)C(C)C)cc2)c(C2CC2)nn1-c1cccc(F)c1. The highest BCUT2D eigenvalue weighted by atomic mass is 19.1. The van der Waals surface area contributed by atoms with Gasteiger partial charge in [-0.2, -0.15) is 9.78 Å². The second kappa shape index (κ2) is 8.34. The number of halogens is 1. The predicted octanol–water partition coefficient (Wildman–Crippen LogP) is 5.08. The summed E-state index contributed by atoms with van der Waals surface area (Å²) in [5.74, 6) is -0.547. The zero-order chi connectivity index (χ0) is 22.1. The van der Waals surface area contributed by atoms with Crippen LogP contribution in [0.2, 0.25) is 0 Å². The van der Waals surface area contributed by atoms with Crippen LogP contribution in [-0.4, -0.2) is 21.7 Å². The van der Waals surface area contributed by atoms with Crippen LogP contribution >= 0.6 is 0 Å². The van der Waals surface area contributed by atoms with Gasteiger partial charge in [-0.3, -0.25) is 9.59 Å². The first kappa shape index (κ1) is 20.8. The minimum atomic E-state index is -0.484. The Kier molecular flexibility index (Phi) is 5.59. The third-order valence-corrected chi connectivity index (χ3v) is 5.09. The zero-order valence-corrected chi connectivity index (χ0v) is 17.7. The van der Waals surface area contributed by atoms with Crippen molar-refractivity contribution in [1.82, 2.24) is 9.78 Å². The number of benzene rings is 2. The molecule has 1 saturated carbocycles. The molecule has 1 aromatic heterocycles. The molecule has 0 aliphatic heterocycles. The van der Waals surface area contributed by atoms with Gasteiger partial charge < -0.3 is 10.1 Å². The van der Waals surface area contributed by atoms with Gasteiger partial charge in [-0.05, 0) is 48.7 Å². The third-order valence-electron chi connectivity index (χ3n) is 5.09. The van der Waals surface area contributed by atoms with Gasteiger partial charge in [-0.25, -0.2) is 4.39 Å². The highest BCUT2D eigenvalue weighted by Crippen LogP contribution is 2.48. The predicted molar refractivity (Wildman–Crippen MR) is 116 cm³/mol. The van der Waals surface area contributed by atoms with E-state index in [4.69, 9.17) is 9.84 Å². The molecule has 0 bridgehead atoms. The Morgan fingerprint density at radius 2 is 1.87 bits per heavy atom. The molecule has 1 aliphatic rings. The van der Waals surface area contributed by atoms with Gasteiger partial charge in [0.15, 0.2) is 0 Å². The van der Waals surface area contributed by atoms with Crippen LogP contribution in [0.25, 0.3) is 16.8 Å². The lowest BCUT2D eigenvalue weighted by Gasteiger charge is -2.11. The van der Waals surface area contributed by atoms with E-state index in [1.54, 1.807) is 12.1 Å². The average Bonchev–Trinajstić information content (AvgIpc) is 3.50. The summed E-state index contributed by atoms with van der Waals surface area (Å²) in [5, 5.41) is 7.58. The summed E-state index contributed by atoms with van der Waals surface area (Å²) in [7, 11) is 0. The number of anilines is 1. The Bertz CT molecular complexity index is 1130. The molecule has 1 fully saturated rings. The average molecular weight is 421 g/mol. The molecular formula is C24H24FN3O3. The minimum Gasteiger partial charge on any atom is -0.407 e. The smallest absolute Gasteiger partial charge is 0.309 e. The van der Waals surface area contributed by atoms with Crippen molar-refractivity contribution < 1.29 is 18.7 Å². The quantitative estimate of drug-likeness (QED) is 0.564. The van der Waals surface area contributed by atoms with Crippen LogP contribution in [0.3, 0.4) is 0 Å². The number of rotatable bonds is 6. The molecule has 1 heterocycles. The Hall–Kier alpha value is -3.48. The number of esters is 1. The number of carbonyl (C=O) groups is 2. The summed E-state index contributed by atoms with van der Waals surface area (Å²) in [6, 6.07) is 13.4. The molecule has 31 heavy (non-hydrogen) atoms. The van der Waals surface area contributed by atoms with Crippen LogP contribution in [0.1, 0.15) is 45.2 Å². The van der Waals surface area contributed by atoms with Crippen molar-refractivity contribution in [2.45, 2.75) is 39.5 Å². The van der Waals surface area contributed by atoms with Crippen molar-refractivity contribution >= 4 is 17.6 Å². The van der Waals surface area contributed by atoms with Gasteiger partial charge >= 0.3 is 5.97 Å². The molecule has 1 aliphatic carbocycles. The largest absolute Gasteiger partial charge is 0.407 e. The number of nitrogens with zero attached hydrogens (tertiary/aromatic N) is 2. The van der Waals surface area contributed by atoms with E-state index in [-0.39, 0.29) is 23.6 Å². The second-order valence-electron chi connectivity index (χ2n) is 8.05. The van der Waals surface area contributed by atoms with Crippen LogP contribution in [0, 0.1) is 11.7 Å². The lowest BCUT2D eigenvalue weighted by Crippen LogP contribution is -2.17. The van der Waals surface area contributed by atoms with Gasteiger partial charge in [0.2, 0.25) is 11.8 Å². The normalized spacial score (nSPS) is 13.3. The molecule has 0 spiro atoms. The molecule has 6 nitrogen and oxygen atoms in total. The maximum absolute atomic E-state index is 13.9. The third kappa shape index (κ3) is 4.50. The summed E-state index contributed by atoms with van der Waals surface area (Å²) in [6.45, 7) is 4.99. The first-order valence-corrected chi connectivity index (χ1v) is 10.3. The van der Waals surface area contributed by atoms with Crippen LogP contribution in [0.5, 0.6) is 5.88 Å². The molecule has 0 saturated heterocycles. The molecule has 3 aromatic rings. The van der Waals surface area contributed by atoms with E-state index >= 15 is 0 Å². The highest BCUT2D eigenvalue weighted by molar-refractivity contribution is 5.92. The summed E-state index contributed by atoms with van der Waals surface area (Å²) in [5.41, 5.74) is 3.50. The van der Waals surface area contributed by atoms with E-state index in [1.807, 2.05) is 38.1 Å². The first-order valence-electron chi connectivity index (χ1n) is 10.3. The lowest BCUT2D eigenvalue weighted by atomic mass is 10.0. The van der Waals surface area contributed by atoms with E-state index in [1.165, 1.54) is 23.7 Å². The van der Waals surface area contributed by atoms with E-state index < -0.39 is 11.8 Å². The molecule has 0 unspecified atom stereocenters. The monoisotopic (exact) mass is 421 g/mol. The van der Waals surface area contributed by atoms with Gasteiger partial charge in [-0.15, -0.1) is 0 Å². The number of hydrogen-bond acceptors (Lipinski definition) is 4. The summed E-state index contributed by atoms with van der Waals surface area (Å²) < 4.78 is 20.9. The van der Waals surface area contributed by atoms with Crippen LogP contribution in [0.15, 0.2) is 48.5 Å². The fraction of sp³-hybridized carbons (Fsp3) is 0.292. The molecule has 0 radical (unpaired) electrons. The molecule has 1 amide bonds. The van der Waals surface area contributed by atoms with Crippen molar-refractivity contribution in [2.75, 3.05) is 5.32 Å². The minimum absolute atomic E-state index is 0.0639. The van der Waals surface area contributed by atoms with Crippen LogP contribution in [-0.2, 0) is 9.59 Å². The molecule has 160 valence electrons. The second-order valence-corrected chi connectivity index (χ2v) is 8.05. The van der Waals surface area contributed by atoms with Gasteiger partial charge in [0, 0.05) is 24.4 Å². The van der Waals surface area contributed by atoms with Gasteiger partial charge in [0.25, 0.3) is 0 Å². The van der Waals surface area contributed by atoms with Crippen LogP contribution in [0.4, 0.5) is 10.1 Å². The Labute approximate surface area is 180 Å². The maximum atomic E-state index is 13.9. The molecule has 2 aromatic carbocycles. The number of ether oxygens (including phenoxy) is 1. The number of carbonyl (C=O) groups excluding carboxylic acids is 2.